The van der Waals surface area contributed by atoms with Crippen LogP contribution < -0.4 is 15.1 Å². The van der Waals surface area contributed by atoms with Crippen molar-refractivity contribution in [3.63, 3.8) is 0 Å². The number of hydrogen-bond acceptors (Lipinski definition) is 3. The first-order valence-corrected chi connectivity index (χ1v) is 12.4. The highest BCUT2D eigenvalue weighted by molar-refractivity contribution is 6.04. The number of anilines is 3. The second kappa shape index (κ2) is 10.3. The van der Waals surface area contributed by atoms with Gasteiger partial charge in [0.05, 0.1) is 22.9 Å². The Kier molecular flexibility index (Phi) is 7.38. The molecule has 2 aliphatic heterocycles. The van der Waals surface area contributed by atoms with Crippen LogP contribution in [-0.2, 0) is 15.8 Å². The lowest BCUT2D eigenvalue weighted by molar-refractivity contribution is -0.137. The third-order valence-electron chi connectivity index (χ3n) is 7.15. The molecule has 0 aliphatic carbocycles. The third-order valence-corrected chi connectivity index (χ3v) is 7.15. The van der Waals surface area contributed by atoms with Crippen molar-refractivity contribution in [3.05, 3.63) is 53.6 Å². The molecular formula is C27H32F3N3O2. The minimum absolute atomic E-state index is 0.0265. The number of piperidine rings is 1. The van der Waals surface area contributed by atoms with Crippen molar-refractivity contribution < 1.29 is 22.8 Å². The van der Waals surface area contributed by atoms with E-state index in [4.69, 9.17) is 0 Å². The zero-order valence-corrected chi connectivity index (χ0v) is 20.2. The molecule has 2 heterocycles. The highest BCUT2D eigenvalue weighted by Crippen LogP contribution is 2.38. The molecule has 188 valence electrons. The highest BCUT2D eigenvalue weighted by atomic mass is 19.4. The molecule has 5 nitrogen and oxygen atoms in total. The van der Waals surface area contributed by atoms with Gasteiger partial charge in [0, 0.05) is 31.7 Å². The van der Waals surface area contributed by atoms with Gasteiger partial charge in [-0.2, -0.15) is 13.2 Å². The number of alkyl halides is 3. The first-order valence-electron chi connectivity index (χ1n) is 12.4. The zero-order chi connectivity index (χ0) is 25.2. The molecule has 35 heavy (non-hydrogen) atoms. The summed E-state index contributed by atoms with van der Waals surface area (Å²) in [5, 5.41) is 2.74. The Balaban J connectivity index is 1.57. The third kappa shape index (κ3) is 5.46. The standard InChI is InChI=1S/C27H32F3N3O2/c1-3-18(2)21-9-5-6-10-23(21)33-17-19(15-25(33)34)26(35)31-22-16-20(27(28,29)30)11-12-24(22)32-13-7-4-8-14-32/h5-6,9-12,16,18-19H,3-4,7-8,13-15,17H2,1-2H3,(H,31,35)/t18-,19+/m0/s1. The van der Waals surface area contributed by atoms with Gasteiger partial charge in [0.1, 0.15) is 0 Å². The predicted octanol–water partition coefficient (Wildman–Crippen LogP) is 6.20. The fraction of sp³-hybridized carbons (Fsp3) is 0.481. The van der Waals surface area contributed by atoms with Crippen LogP contribution >= 0.6 is 0 Å². The van der Waals surface area contributed by atoms with E-state index < -0.39 is 23.6 Å². The molecule has 4 rings (SSSR count). The zero-order valence-electron chi connectivity index (χ0n) is 20.2. The number of nitrogens with zero attached hydrogens (tertiary/aromatic N) is 2. The van der Waals surface area contributed by atoms with Crippen molar-refractivity contribution in [3.8, 4) is 0 Å². The van der Waals surface area contributed by atoms with Crippen LogP contribution in [0.4, 0.5) is 30.2 Å². The average Bonchev–Trinajstić information content (AvgIpc) is 3.25. The molecular weight excluding hydrogens is 455 g/mol. The highest BCUT2D eigenvalue weighted by Gasteiger charge is 2.37. The van der Waals surface area contributed by atoms with Gasteiger partial charge < -0.3 is 15.1 Å². The van der Waals surface area contributed by atoms with Crippen molar-refractivity contribution in [2.75, 3.05) is 34.8 Å². The van der Waals surface area contributed by atoms with Gasteiger partial charge >= 0.3 is 6.18 Å². The van der Waals surface area contributed by atoms with Crippen LogP contribution in [0.1, 0.15) is 63.0 Å². The van der Waals surface area contributed by atoms with E-state index in [2.05, 4.69) is 19.2 Å². The Bertz CT molecular complexity index is 1080. The minimum atomic E-state index is -4.51. The van der Waals surface area contributed by atoms with E-state index >= 15 is 0 Å². The summed E-state index contributed by atoms with van der Waals surface area (Å²) in [4.78, 5) is 29.8. The molecule has 0 aromatic heterocycles. The number of amides is 2. The van der Waals surface area contributed by atoms with E-state index in [0.717, 1.165) is 62.2 Å². The van der Waals surface area contributed by atoms with Crippen molar-refractivity contribution in [2.45, 2.75) is 58.0 Å². The summed E-state index contributed by atoms with van der Waals surface area (Å²) in [6.45, 7) is 5.85. The molecule has 2 atom stereocenters. The van der Waals surface area contributed by atoms with Gasteiger partial charge in [-0.15, -0.1) is 0 Å². The molecule has 2 saturated heterocycles. The van der Waals surface area contributed by atoms with Crippen molar-refractivity contribution in [1.29, 1.82) is 0 Å². The number of halogens is 3. The summed E-state index contributed by atoms with van der Waals surface area (Å²) in [7, 11) is 0. The van der Waals surface area contributed by atoms with Crippen LogP contribution in [0.3, 0.4) is 0 Å². The number of rotatable bonds is 6. The van der Waals surface area contributed by atoms with E-state index in [9.17, 15) is 22.8 Å². The first-order chi connectivity index (χ1) is 16.7. The largest absolute Gasteiger partial charge is 0.416 e. The molecule has 0 spiro atoms. The molecule has 2 aliphatic rings. The van der Waals surface area contributed by atoms with Crippen molar-refractivity contribution in [1.82, 2.24) is 0 Å². The Morgan fingerprint density at radius 2 is 1.80 bits per heavy atom. The van der Waals surface area contributed by atoms with Crippen molar-refractivity contribution >= 4 is 28.9 Å². The number of nitrogens with one attached hydrogen (secondary N) is 1. The van der Waals surface area contributed by atoms with Gasteiger partial charge in [0.15, 0.2) is 0 Å². The summed E-state index contributed by atoms with van der Waals surface area (Å²) in [5.74, 6) is -0.971. The van der Waals surface area contributed by atoms with Crippen LogP contribution in [0, 0.1) is 5.92 Å². The van der Waals surface area contributed by atoms with Gasteiger partial charge in [-0.25, -0.2) is 0 Å². The number of benzene rings is 2. The predicted molar refractivity (Wildman–Crippen MR) is 132 cm³/mol. The molecule has 0 saturated carbocycles. The molecule has 0 unspecified atom stereocenters. The summed E-state index contributed by atoms with van der Waals surface area (Å²) in [6.07, 6.45) is -0.584. The summed E-state index contributed by atoms with van der Waals surface area (Å²) >= 11 is 0. The van der Waals surface area contributed by atoms with Gasteiger partial charge in [0.2, 0.25) is 11.8 Å². The summed E-state index contributed by atoms with van der Waals surface area (Å²) < 4.78 is 40.3. The Morgan fingerprint density at radius 1 is 1.09 bits per heavy atom. The van der Waals surface area contributed by atoms with Crippen LogP contribution in [0.25, 0.3) is 0 Å². The lowest BCUT2D eigenvalue weighted by atomic mass is 9.96. The van der Waals surface area contributed by atoms with Gasteiger partial charge in [-0.1, -0.05) is 32.0 Å². The van der Waals surface area contributed by atoms with E-state index in [1.165, 1.54) is 6.07 Å². The number of hydrogen-bond donors (Lipinski definition) is 1. The van der Waals surface area contributed by atoms with Crippen LogP contribution in [-0.4, -0.2) is 31.4 Å². The second-order valence-corrected chi connectivity index (χ2v) is 9.54. The van der Waals surface area contributed by atoms with Gasteiger partial charge in [-0.3, -0.25) is 9.59 Å². The number of carbonyl (C=O) groups excluding carboxylic acids is 2. The Morgan fingerprint density at radius 3 is 2.49 bits per heavy atom. The van der Waals surface area contributed by atoms with Crippen LogP contribution in [0.15, 0.2) is 42.5 Å². The fourth-order valence-corrected chi connectivity index (χ4v) is 4.94. The van der Waals surface area contributed by atoms with Crippen LogP contribution in [0.2, 0.25) is 0 Å². The Hall–Kier alpha value is -3.03. The topological polar surface area (TPSA) is 52.7 Å². The Labute approximate surface area is 204 Å². The normalized spacial score (nSPS) is 19.7. The molecule has 8 heteroatoms. The number of carbonyl (C=O) groups is 2. The molecule has 2 aromatic rings. The van der Waals surface area contributed by atoms with E-state index in [0.29, 0.717) is 5.69 Å². The van der Waals surface area contributed by atoms with Gasteiger partial charge in [-0.05, 0) is 61.4 Å². The number of para-hydroxylation sites is 1. The van der Waals surface area contributed by atoms with Gasteiger partial charge in [0.25, 0.3) is 0 Å². The summed E-state index contributed by atoms with van der Waals surface area (Å²) in [6, 6.07) is 11.2. The second-order valence-electron chi connectivity index (χ2n) is 9.54. The SMILES string of the molecule is CC[C@H](C)c1ccccc1N1C[C@H](C(=O)Nc2cc(C(F)(F)F)ccc2N2CCCCC2)CC1=O. The monoisotopic (exact) mass is 487 g/mol. The van der Waals surface area contributed by atoms with E-state index in [1.54, 1.807) is 4.90 Å². The van der Waals surface area contributed by atoms with Crippen molar-refractivity contribution in [2.24, 2.45) is 5.92 Å². The maximum Gasteiger partial charge on any atom is 0.416 e. The first kappa shape index (κ1) is 25.1. The lowest BCUT2D eigenvalue weighted by Crippen LogP contribution is -2.32. The lowest BCUT2D eigenvalue weighted by Gasteiger charge is -2.31. The van der Waals surface area contributed by atoms with E-state index in [1.807, 2.05) is 29.2 Å². The average molecular weight is 488 g/mol. The maximum atomic E-state index is 13.4. The molecule has 0 bridgehead atoms. The molecule has 2 aromatic carbocycles. The fourth-order valence-electron chi connectivity index (χ4n) is 4.94. The molecule has 2 fully saturated rings. The van der Waals surface area contributed by atoms with E-state index in [-0.39, 0.29) is 30.5 Å². The smallest absolute Gasteiger partial charge is 0.370 e. The molecule has 0 radical (unpaired) electrons. The maximum absolute atomic E-state index is 13.4. The molecule has 2 amide bonds. The minimum Gasteiger partial charge on any atom is -0.370 e. The van der Waals surface area contributed by atoms with Crippen LogP contribution in [0.5, 0.6) is 0 Å². The molecule has 1 N–H and O–H groups in total. The quantitative estimate of drug-likeness (QED) is 0.528. The summed E-state index contributed by atoms with van der Waals surface area (Å²) in [5.41, 5.74) is 1.79.